The molecule has 0 amide bonds. The number of nitrogens with zero attached hydrogens (tertiary/aromatic N) is 1. The topological polar surface area (TPSA) is 74.5 Å². The van der Waals surface area contributed by atoms with Gasteiger partial charge in [-0.1, -0.05) is 0 Å². The molecule has 1 aliphatic rings. The van der Waals surface area contributed by atoms with E-state index in [1.807, 2.05) is 0 Å². The molecular weight excluding hydrogens is 194 g/mol. The largest absolute Gasteiger partial charge is 0.462 e. The fourth-order valence-corrected chi connectivity index (χ4v) is 1.09. The zero-order valence-corrected chi connectivity index (χ0v) is 8.70. The van der Waals surface area contributed by atoms with Crippen molar-refractivity contribution in [3.05, 3.63) is 23.7 Å². The monoisotopic (exact) mass is 207 g/mol. The average molecular weight is 207 g/mol. The number of carbonyl (C=O) groups is 1. The Morgan fingerprint density at radius 1 is 1.67 bits per heavy atom. The molecule has 0 radical (unpaired) electrons. The van der Waals surface area contributed by atoms with Crippen molar-refractivity contribution in [2.24, 2.45) is 4.99 Å². The van der Waals surface area contributed by atoms with E-state index in [4.69, 9.17) is 10.1 Å². The molecule has 5 nitrogen and oxygen atoms in total. The first-order valence-electron chi connectivity index (χ1n) is 4.59. The lowest BCUT2D eigenvalue weighted by Gasteiger charge is -2.11. The SMILES string of the molecule is CCOC(=O)/C(C(C)=N)=C1\N=CC=CN1. The van der Waals surface area contributed by atoms with Crippen LogP contribution in [0.4, 0.5) is 0 Å². The molecule has 0 aliphatic carbocycles. The molecule has 0 spiro atoms. The Morgan fingerprint density at radius 3 is 2.87 bits per heavy atom. The van der Waals surface area contributed by atoms with Crippen molar-refractivity contribution < 1.29 is 9.53 Å². The summed E-state index contributed by atoms with van der Waals surface area (Å²) in [6, 6.07) is 0. The maximum Gasteiger partial charge on any atom is 0.343 e. The quantitative estimate of drug-likeness (QED) is 0.411. The summed E-state index contributed by atoms with van der Waals surface area (Å²) in [5.41, 5.74) is 0.292. The van der Waals surface area contributed by atoms with E-state index in [0.717, 1.165) is 0 Å². The normalized spacial score (nSPS) is 16.9. The van der Waals surface area contributed by atoms with Crippen molar-refractivity contribution >= 4 is 17.9 Å². The van der Waals surface area contributed by atoms with Crippen LogP contribution >= 0.6 is 0 Å². The number of hydrogen-bond acceptors (Lipinski definition) is 5. The van der Waals surface area contributed by atoms with Crippen LogP contribution in [0.2, 0.25) is 0 Å². The summed E-state index contributed by atoms with van der Waals surface area (Å²) < 4.78 is 4.84. The molecule has 5 heteroatoms. The van der Waals surface area contributed by atoms with Gasteiger partial charge in [0.2, 0.25) is 0 Å². The Labute approximate surface area is 88.0 Å². The lowest BCUT2D eigenvalue weighted by molar-refractivity contribution is -0.137. The van der Waals surface area contributed by atoms with Gasteiger partial charge in [-0.05, 0) is 19.9 Å². The standard InChI is InChI=1S/C10H13N3O2/c1-3-15-10(14)8(7(2)11)9-12-5-4-6-13-9/h4-6,11-12H,3H2,1-2H3/b9-8-,11-7?. The van der Waals surface area contributed by atoms with Crippen LogP contribution in [0.25, 0.3) is 0 Å². The summed E-state index contributed by atoms with van der Waals surface area (Å²) in [6.07, 6.45) is 4.89. The summed E-state index contributed by atoms with van der Waals surface area (Å²) >= 11 is 0. The molecule has 0 bridgehead atoms. The molecule has 0 aromatic carbocycles. The Balaban J connectivity index is 3.01. The molecule has 80 valence electrons. The van der Waals surface area contributed by atoms with Gasteiger partial charge in [0.05, 0.1) is 6.61 Å². The first-order valence-corrected chi connectivity index (χ1v) is 4.59. The summed E-state index contributed by atoms with van der Waals surface area (Å²) in [6.45, 7) is 3.52. The van der Waals surface area contributed by atoms with Crippen molar-refractivity contribution in [1.29, 1.82) is 5.41 Å². The molecular formula is C10H13N3O2. The highest BCUT2D eigenvalue weighted by Crippen LogP contribution is 2.09. The van der Waals surface area contributed by atoms with Gasteiger partial charge in [0, 0.05) is 18.1 Å². The Kier molecular flexibility index (Phi) is 3.79. The van der Waals surface area contributed by atoms with Crippen LogP contribution in [-0.4, -0.2) is 24.5 Å². The van der Waals surface area contributed by atoms with Crippen LogP contribution in [0.5, 0.6) is 0 Å². The van der Waals surface area contributed by atoms with Crippen LogP contribution in [0.15, 0.2) is 28.7 Å². The number of nitrogens with one attached hydrogen (secondary N) is 2. The Hall–Kier alpha value is -1.91. The number of rotatable bonds is 3. The second-order valence-corrected chi connectivity index (χ2v) is 2.85. The molecule has 0 fully saturated rings. The minimum Gasteiger partial charge on any atom is -0.462 e. The molecule has 0 unspecified atom stereocenters. The smallest absolute Gasteiger partial charge is 0.343 e. The molecule has 15 heavy (non-hydrogen) atoms. The molecule has 0 saturated heterocycles. The van der Waals surface area contributed by atoms with Gasteiger partial charge in [-0.3, -0.25) is 0 Å². The first kappa shape index (κ1) is 11.2. The van der Waals surface area contributed by atoms with E-state index < -0.39 is 5.97 Å². The molecule has 0 aromatic rings. The number of allylic oxidation sites excluding steroid dienone is 1. The van der Waals surface area contributed by atoms with Crippen molar-refractivity contribution in [3.8, 4) is 0 Å². The summed E-state index contributed by atoms with van der Waals surface area (Å²) in [5, 5.41) is 10.3. The second kappa shape index (κ2) is 5.09. The lowest BCUT2D eigenvalue weighted by atomic mass is 10.1. The average Bonchev–Trinajstić information content (AvgIpc) is 2.19. The fraction of sp³-hybridized carbons (Fsp3) is 0.300. The summed E-state index contributed by atoms with van der Waals surface area (Å²) in [7, 11) is 0. The third-order valence-electron chi connectivity index (χ3n) is 1.70. The third kappa shape index (κ3) is 2.77. The number of hydrogen-bond donors (Lipinski definition) is 2. The first-order chi connectivity index (χ1) is 7.16. The van der Waals surface area contributed by atoms with E-state index in [1.165, 1.54) is 6.92 Å². The maximum absolute atomic E-state index is 11.5. The number of ether oxygens (including phenoxy) is 1. The van der Waals surface area contributed by atoms with Gasteiger partial charge in [0.1, 0.15) is 11.4 Å². The van der Waals surface area contributed by atoms with E-state index >= 15 is 0 Å². The van der Waals surface area contributed by atoms with Gasteiger partial charge in [-0.25, -0.2) is 9.79 Å². The summed E-state index contributed by atoms with van der Waals surface area (Å²) in [5.74, 6) is -0.177. The van der Waals surface area contributed by atoms with Crippen molar-refractivity contribution in [3.63, 3.8) is 0 Å². The van der Waals surface area contributed by atoms with Gasteiger partial charge in [-0.15, -0.1) is 0 Å². The molecule has 0 saturated carbocycles. The highest BCUT2D eigenvalue weighted by atomic mass is 16.5. The number of carbonyl (C=O) groups excluding carboxylic acids is 1. The van der Waals surface area contributed by atoms with E-state index in [9.17, 15) is 4.79 Å². The maximum atomic E-state index is 11.5. The van der Waals surface area contributed by atoms with Crippen LogP contribution in [0, 0.1) is 5.41 Å². The van der Waals surface area contributed by atoms with Crippen molar-refractivity contribution in [2.45, 2.75) is 13.8 Å². The molecule has 0 aromatic heterocycles. The molecule has 2 N–H and O–H groups in total. The number of esters is 1. The molecule has 1 heterocycles. The highest BCUT2D eigenvalue weighted by Gasteiger charge is 2.18. The molecule has 0 atom stereocenters. The Morgan fingerprint density at radius 2 is 2.40 bits per heavy atom. The lowest BCUT2D eigenvalue weighted by Crippen LogP contribution is -2.21. The summed E-state index contributed by atoms with van der Waals surface area (Å²) in [4.78, 5) is 15.5. The van der Waals surface area contributed by atoms with E-state index in [0.29, 0.717) is 5.82 Å². The Bertz CT molecular complexity index is 367. The van der Waals surface area contributed by atoms with Crippen LogP contribution < -0.4 is 5.32 Å². The van der Waals surface area contributed by atoms with Crippen LogP contribution in [0.1, 0.15) is 13.8 Å². The third-order valence-corrected chi connectivity index (χ3v) is 1.70. The predicted octanol–water partition coefficient (Wildman–Crippen LogP) is 0.988. The second-order valence-electron chi connectivity index (χ2n) is 2.85. The predicted molar refractivity (Wildman–Crippen MR) is 57.8 cm³/mol. The van der Waals surface area contributed by atoms with Crippen molar-refractivity contribution in [2.75, 3.05) is 6.61 Å². The van der Waals surface area contributed by atoms with Gasteiger partial charge < -0.3 is 15.5 Å². The minimum atomic E-state index is -0.528. The van der Waals surface area contributed by atoms with Gasteiger partial charge in [-0.2, -0.15) is 0 Å². The van der Waals surface area contributed by atoms with Crippen LogP contribution in [-0.2, 0) is 9.53 Å². The van der Waals surface area contributed by atoms with Gasteiger partial charge >= 0.3 is 5.97 Å². The zero-order chi connectivity index (χ0) is 11.3. The number of aliphatic imine (C=N–C) groups is 1. The van der Waals surface area contributed by atoms with Gasteiger partial charge in [0.25, 0.3) is 0 Å². The van der Waals surface area contributed by atoms with Crippen molar-refractivity contribution in [1.82, 2.24) is 5.32 Å². The highest BCUT2D eigenvalue weighted by molar-refractivity contribution is 6.18. The van der Waals surface area contributed by atoms with Crippen LogP contribution in [0.3, 0.4) is 0 Å². The minimum absolute atomic E-state index is 0.128. The van der Waals surface area contributed by atoms with E-state index in [1.54, 1.807) is 25.4 Å². The van der Waals surface area contributed by atoms with E-state index in [2.05, 4.69) is 10.3 Å². The molecule has 1 rings (SSSR count). The zero-order valence-electron chi connectivity index (χ0n) is 8.70. The van der Waals surface area contributed by atoms with Gasteiger partial charge in [0.15, 0.2) is 0 Å². The fourth-order valence-electron chi connectivity index (χ4n) is 1.09. The van der Waals surface area contributed by atoms with E-state index in [-0.39, 0.29) is 17.9 Å². The molecule has 1 aliphatic heterocycles.